The maximum absolute atomic E-state index is 13.4. The van der Waals surface area contributed by atoms with Crippen LogP contribution in [0.5, 0.6) is 0 Å². The fourth-order valence-electron chi connectivity index (χ4n) is 2.49. The second-order valence-corrected chi connectivity index (χ2v) is 9.48. The smallest absolute Gasteiger partial charge is 0.353 e. The summed E-state index contributed by atoms with van der Waals surface area (Å²) in [6.45, 7) is 7.65. The molecule has 2 atom stereocenters. The number of hydrogen-bond acceptors (Lipinski definition) is 8. The Balaban J connectivity index is 3.10. The van der Waals surface area contributed by atoms with Gasteiger partial charge in [0, 0.05) is 13.0 Å². The molecule has 0 unspecified atom stereocenters. The molecule has 0 N–H and O–H groups in total. The van der Waals surface area contributed by atoms with E-state index >= 15 is 0 Å². The first-order valence-electron chi connectivity index (χ1n) is 8.38. The van der Waals surface area contributed by atoms with Crippen molar-refractivity contribution in [3.05, 3.63) is 12.7 Å². The summed E-state index contributed by atoms with van der Waals surface area (Å²) in [5.74, 6) is 0. The van der Waals surface area contributed by atoms with Gasteiger partial charge in [-0.2, -0.15) is 8.42 Å². The number of ether oxygens (including phenoxy) is 2. The molecule has 25 heavy (non-hydrogen) atoms. The molecular weight excluding hydrogens is 371 g/mol. The summed E-state index contributed by atoms with van der Waals surface area (Å²) in [4.78, 5) is 0. The van der Waals surface area contributed by atoms with Crippen molar-refractivity contribution in [3.63, 3.8) is 0 Å². The van der Waals surface area contributed by atoms with Crippen molar-refractivity contribution in [1.29, 1.82) is 0 Å². The molecule has 0 bridgehead atoms. The molecule has 0 aromatic rings. The van der Waals surface area contributed by atoms with Crippen LogP contribution in [0, 0.1) is 0 Å². The zero-order chi connectivity index (χ0) is 19.0. The van der Waals surface area contributed by atoms with Crippen LogP contribution in [0.1, 0.15) is 39.5 Å². The van der Waals surface area contributed by atoms with E-state index in [1.807, 2.05) is 0 Å². The van der Waals surface area contributed by atoms with Crippen molar-refractivity contribution in [1.82, 2.24) is 0 Å². The van der Waals surface area contributed by atoms with Crippen molar-refractivity contribution in [2.75, 3.05) is 32.7 Å². The Morgan fingerprint density at radius 3 is 2.36 bits per heavy atom. The van der Waals surface area contributed by atoms with E-state index in [9.17, 15) is 13.0 Å². The first-order valence-corrected chi connectivity index (χ1v) is 11.7. The monoisotopic (exact) mass is 400 g/mol. The highest BCUT2D eigenvalue weighted by molar-refractivity contribution is 7.85. The normalized spacial score (nSPS) is 21.6. The van der Waals surface area contributed by atoms with Crippen molar-refractivity contribution >= 4 is 17.7 Å². The zero-order valence-corrected chi connectivity index (χ0v) is 16.9. The van der Waals surface area contributed by atoms with E-state index in [1.165, 1.54) is 6.08 Å². The van der Waals surface area contributed by atoms with Crippen molar-refractivity contribution in [2.24, 2.45) is 0 Å². The third kappa shape index (κ3) is 6.75. The van der Waals surface area contributed by atoms with Gasteiger partial charge in [-0.25, -0.2) is 0 Å². The Morgan fingerprint density at radius 1 is 1.28 bits per heavy atom. The van der Waals surface area contributed by atoms with Crippen molar-refractivity contribution < 1.29 is 35.7 Å². The third-order valence-electron chi connectivity index (χ3n) is 3.61. The van der Waals surface area contributed by atoms with Crippen molar-refractivity contribution in [2.45, 2.75) is 51.2 Å². The highest BCUT2D eigenvalue weighted by Gasteiger charge is 2.51. The zero-order valence-electron chi connectivity index (χ0n) is 15.1. The molecule has 10 heteroatoms. The lowest BCUT2D eigenvalue weighted by Crippen LogP contribution is -2.39. The Morgan fingerprint density at radius 2 is 1.92 bits per heavy atom. The summed E-state index contributed by atoms with van der Waals surface area (Å²) in [5, 5.41) is -1.56. The lowest BCUT2D eigenvalue weighted by Gasteiger charge is -2.39. The van der Waals surface area contributed by atoms with Crippen LogP contribution in [0.2, 0.25) is 0 Å². The highest BCUT2D eigenvalue weighted by atomic mass is 32.2. The molecule has 0 aliphatic carbocycles. The van der Waals surface area contributed by atoms with Gasteiger partial charge in [-0.15, -0.1) is 0 Å². The van der Waals surface area contributed by atoms with E-state index in [0.29, 0.717) is 13.0 Å². The van der Waals surface area contributed by atoms with E-state index in [0.717, 1.165) is 19.1 Å². The van der Waals surface area contributed by atoms with Gasteiger partial charge < -0.3 is 18.5 Å². The molecule has 0 aromatic heterocycles. The lowest BCUT2D eigenvalue weighted by atomic mass is 10.2. The third-order valence-corrected chi connectivity index (χ3v) is 6.84. The van der Waals surface area contributed by atoms with Crippen LogP contribution in [0.25, 0.3) is 0 Å². The summed E-state index contributed by atoms with van der Waals surface area (Å²) in [6.07, 6.45) is 4.07. The first-order chi connectivity index (χ1) is 11.7. The van der Waals surface area contributed by atoms with Gasteiger partial charge in [0.05, 0.1) is 26.1 Å². The average molecular weight is 400 g/mol. The molecule has 8 nitrogen and oxygen atoms in total. The molecule has 1 aliphatic rings. The van der Waals surface area contributed by atoms with Crippen LogP contribution < -0.4 is 0 Å². The Hall–Kier alpha value is -0.280. The predicted molar refractivity (Wildman–Crippen MR) is 93.9 cm³/mol. The van der Waals surface area contributed by atoms with Crippen LogP contribution in [-0.2, 0) is 37.4 Å². The van der Waals surface area contributed by atoms with Gasteiger partial charge in [0.2, 0.25) is 0 Å². The van der Waals surface area contributed by atoms with Gasteiger partial charge in [-0.05, 0) is 39.2 Å². The number of rotatable bonds is 12. The van der Waals surface area contributed by atoms with E-state index in [1.54, 1.807) is 13.8 Å². The maximum Gasteiger partial charge on any atom is 0.366 e. The van der Waals surface area contributed by atoms with Crippen LogP contribution >= 0.6 is 7.60 Å². The van der Waals surface area contributed by atoms with E-state index in [-0.39, 0.29) is 26.2 Å². The topological polar surface area (TPSA) is 97.4 Å². The molecule has 1 rings (SSSR count). The van der Waals surface area contributed by atoms with Gasteiger partial charge in [0.25, 0.3) is 10.1 Å². The molecular formula is C15H29O8PS. The van der Waals surface area contributed by atoms with Gasteiger partial charge in [-0.1, -0.05) is 6.58 Å². The largest absolute Gasteiger partial charge is 0.366 e. The van der Waals surface area contributed by atoms with Crippen molar-refractivity contribution in [3.8, 4) is 0 Å². The summed E-state index contributed by atoms with van der Waals surface area (Å²) in [5.41, 5.74) is 0. The summed E-state index contributed by atoms with van der Waals surface area (Å²) in [6, 6.07) is 0. The van der Waals surface area contributed by atoms with Gasteiger partial charge in [0.1, 0.15) is 0 Å². The minimum absolute atomic E-state index is 0.0687. The fourth-order valence-corrected chi connectivity index (χ4v) is 4.90. The molecule has 1 fully saturated rings. The molecule has 0 saturated carbocycles. The van der Waals surface area contributed by atoms with E-state index in [2.05, 4.69) is 6.58 Å². The quantitative estimate of drug-likeness (QED) is 0.280. The Labute approximate surface area is 150 Å². The van der Waals surface area contributed by atoms with Crippen LogP contribution in [0.4, 0.5) is 0 Å². The molecule has 0 aromatic carbocycles. The molecule has 0 radical (unpaired) electrons. The molecule has 1 heterocycles. The second kappa shape index (κ2) is 10.2. The minimum atomic E-state index is -3.80. The summed E-state index contributed by atoms with van der Waals surface area (Å²) in [7, 11) is -7.45. The molecule has 0 spiro atoms. The molecule has 0 amide bonds. The predicted octanol–water partition coefficient (Wildman–Crippen LogP) is 3.04. The van der Waals surface area contributed by atoms with Crippen LogP contribution in [0.15, 0.2) is 12.7 Å². The summed E-state index contributed by atoms with van der Waals surface area (Å²) >= 11 is 0. The Bertz CT molecular complexity index is 548. The standard InChI is InChI=1S/C15H29O8PS/c1-5-15(11-13-22-25(4,17)18,23-14-10-8-9-12-19-14)24(16,20-6-2)21-7-3/h5,14H,1,6-13H2,2-4H3/t14-,15-/m0/s1. The molecule has 148 valence electrons. The van der Waals surface area contributed by atoms with Crippen LogP contribution in [-0.4, -0.2) is 52.7 Å². The summed E-state index contributed by atoms with van der Waals surface area (Å²) < 4.78 is 63.1. The number of hydrogen-bond donors (Lipinski definition) is 0. The fraction of sp³-hybridized carbons (Fsp3) is 0.867. The first kappa shape index (κ1) is 22.8. The average Bonchev–Trinajstić information content (AvgIpc) is 2.54. The van der Waals surface area contributed by atoms with Gasteiger partial charge >= 0.3 is 7.60 Å². The maximum atomic E-state index is 13.4. The van der Waals surface area contributed by atoms with E-state index < -0.39 is 29.3 Å². The lowest BCUT2D eigenvalue weighted by molar-refractivity contribution is -0.197. The second-order valence-electron chi connectivity index (χ2n) is 5.57. The minimum Gasteiger partial charge on any atom is -0.353 e. The van der Waals surface area contributed by atoms with E-state index in [4.69, 9.17) is 22.7 Å². The molecule has 1 aliphatic heterocycles. The van der Waals surface area contributed by atoms with Gasteiger partial charge in [-0.3, -0.25) is 8.75 Å². The molecule has 1 saturated heterocycles. The Kier molecular flexibility index (Phi) is 9.25. The van der Waals surface area contributed by atoms with Gasteiger partial charge in [0.15, 0.2) is 11.6 Å². The highest BCUT2D eigenvalue weighted by Crippen LogP contribution is 2.63. The van der Waals surface area contributed by atoms with Crippen LogP contribution in [0.3, 0.4) is 0 Å². The SMILES string of the molecule is C=C[C@](CCOS(C)(=O)=O)(O[C@H]1CCCCO1)P(=O)(OCC)OCC.